The Balaban J connectivity index is 1.66. The molecule has 0 unspecified atom stereocenters. The van der Waals surface area contributed by atoms with Gasteiger partial charge in [-0.05, 0) is 52.1 Å². The quantitative estimate of drug-likeness (QED) is 0.765. The van der Waals surface area contributed by atoms with Crippen LogP contribution < -0.4 is 5.32 Å². The van der Waals surface area contributed by atoms with Gasteiger partial charge in [-0.15, -0.1) is 0 Å². The van der Waals surface area contributed by atoms with E-state index in [9.17, 15) is 0 Å². The summed E-state index contributed by atoms with van der Waals surface area (Å²) in [5, 5.41) is 3.75. The molecule has 1 saturated carbocycles. The molecule has 0 amide bonds. The second-order valence-corrected chi connectivity index (χ2v) is 6.12. The van der Waals surface area contributed by atoms with E-state index in [1.807, 2.05) is 0 Å². The molecule has 2 rings (SSSR count). The molecule has 0 radical (unpaired) electrons. The van der Waals surface area contributed by atoms with E-state index in [0.717, 1.165) is 6.04 Å². The van der Waals surface area contributed by atoms with Crippen molar-refractivity contribution in [3.05, 3.63) is 0 Å². The largest absolute Gasteiger partial charge is 0.313 e. The standard InChI is InChI=1S/C11H22N2S/c1-13-7-3-10(4-8-13)12-9-11(14-2)5-6-11/h10,12H,3-9H2,1-2H3. The molecule has 1 aliphatic heterocycles. The highest BCUT2D eigenvalue weighted by Gasteiger charge is 2.41. The molecule has 0 spiro atoms. The van der Waals surface area contributed by atoms with Gasteiger partial charge in [0.25, 0.3) is 0 Å². The normalized spacial score (nSPS) is 27.9. The fourth-order valence-electron chi connectivity index (χ4n) is 2.14. The Bertz CT molecular complexity index is 184. The molecule has 0 aromatic heterocycles. The summed E-state index contributed by atoms with van der Waals surface area (Å²) in [5.41, 5.74) is 0. The first kappa shape index (κ1) is 10.8. The first-order valence-electron chi connectivity index (χ1n) is 5.71. The van der Waals surface area contributed by atoms with Gasteiger partial charge in [0.2, 0.25) is 0 Å². The molecular weight excluding hydrogens is 192 g/mol. The Kier molecular flexibility index (Phi) is 3.40. The Labute approximate surface area is 91.8 Å². The van der Waals surface area contributed by atoms with Crippen LogP contribution in [0, 0.1) is 0 Å². The van der Waals surface area contributed by atoms with E-state index in [-0.39, 0.29) is 0 Å². The van der Waals surface area contributed by atoms with E-state index in [2.05, 4.69) is 35.3 Å². The van der Waals surface area contributed by atoms with Crippen molar-refractivity contribution < 1.29 is 0 Å². The van der Waals surface area contributed by atoms with Gasteiger partial charge in [-0.3, -0.25) is 0 Å². The van der Waals surface area contributed by atoms with E-state index in [0.29, 0.717) is 4.75 Å². The van der Waals surface area contributed by atoms with Crippen molar-refractivity contribution in [3.63, 3.8) is 0 Å². The van der Waals surface area contributed by atoms with Crippen LogP contribution >= 0.6 is 11.8 Å². The highest BCUT2D eigenvalue weighted by atomic mass is 32.2. The van der Waals surface area contributed by atoms with Gasteiger partial charge in [-0.2, -0.15) is 11.8 Å². The molecule has 0 aromatic carbocycles. The smallest absolute Gasteiger partial charge is 0.0282 e. The third-order valence-electron chi connectivity index (χ3n) is 3.67. The zero-order chi connectivity index (χ0) is 10.0. The number of rotatable bonds is 4. The van der Waals surface area contributed by atoms with E-state index in [1.165, 1.54) is 45.3 Å². The van der Waals surface area contributed by atoms with Crippen molar-refractivity contribution in [2.24, 2.45) is 0 Å². The summed E-state index contributed by atoms with van der Waals surface area (Å²) < 4.78 is 0.628. The number of hydrogen-bond donors (Lipinski definition) is 1. The predicted molar refractivity (Wildman–Crippen MR) is 64.0 cm³/mol. The van der Waals surface area contributed by atoms with E-state index in [1.54, 1.807) is 0 Å². The summed E-state index contributed by atoms with van der Waals surface area (Å²) in [6, 6.07) is 0.788. The molecule has 2 aliphatic rings. The Hall–Kier alpha value is 0.270. The molecule has 1 N–H and O–H groups in total. The van der Waals surface area contributed by atoms with Gasteiger partial charge in [0, 0.05) is 17.3 Å². The minimum atomic E-state index is 0.628. The van der Waals surface area contributed by atoms with Crippen molar-refractivity contribution >= 4 is 11.8 Å². The molecule has 3 heteroatoms. The third kappa shape index (κ3) is 2.65. The van der Waals surface area contributed by atoms with Gasteiger partial charge < -0.3 is 10.2 Å². The number of thioether (sulfide) groups is 1. The van der Waals surface area contributed by atoms with Crippen LogP contribution in [-0.2, 0) is 0 Å². The Morgan fingerprint density at radius 1 is 1.36 bits per heavy atom. The van der Waals surface area contributed by atoms with Gasteiger partial charge in [-0.25, -0.2) is 0 Å². The van der Waals surface area contributed by atoms with Crippen molar-refractivity contribution in [1.82, 2.24) is 10.2 Å². The lowest BCUT2D eigenvalue weighted by Gasteiger charge is -2.30. The highest BCUT2D eigenvalue weighted by molar-refractivity contribution is 8.00. The molecule has 0 atom stereocenters. The SMILES string of the molecule is CSC1(CNC2CCN(C)CC2)CC1. The fraction of sp³-hybridized carbons (Fsp3) is 1.00. The summed E-state index contributed by atoms with van der Waals surface area (Å²) >= 11 is 2.05. The van der Waals surface area contributed by atoms with E-state index >= 15 is 0 Å². The fourth-order valence-corrected chi connectivity index (χ4v) is 2.87. The van der Waals surface area contributed by atoms with E-state index in [4.69, 9.17) is 0 Å². The average molecular weight is 214 g/mol. The first-order chi connectivity index (χ1) is 6.74. The zero-order valence-electron chi connectivity index (χ0n) is 9.38. The minimum absolute atomic E-state index is 0.628. The van der Waals surface area contributed by atoms with Crippen LogP contribution in [0.5, 0.6) is 0 Å². The molecule has 14 heavy (non-hydrogen) atoms. The lowest BCUT2D eigenvalue weighted by atomic mass is 10.1. The highest BCUT2D eigenvalue weighted by Crippen LogP contribution is 2.46. The number of nitrogens with one attached hydrogen (secondary N) is 1. The molecule has 1 saturated heterocycles. The van der Waals surface area contributed by atoms with Gasteiger partial charge in [-0.1, -0.05) is 0 Å². The Morgan fingerprint density at radius 2 is 2.00 bits per heavy atom. The number of piperidine rings is 1. The monoisotopic (exact) mass is 214 g/mol. The molecule has 1 heterocycles. The van der Waals surface area contributed by atoms with Gasteiger partial charge in [0.05, 0.1) is 0 Å². The summed E-state index contributed by atoms with van der Waals surface area (Å²) in [6.45, 7) is 3.77. The predicted octanol–water partition coefficient (Wildman–Crippen LogP) is 1.57. The van der Waals surface area contributed by atoms with E-state index < -0.39 is 0 Å². The van der Waals surface area contributed by atoms with Crippen molar-refractivity contribution in [3.8, 4) is 0 Å². The lowest BCUT2D eigenvalue weighted by Crippen LogP contribution is -2.43. The molecule has 0 aromatic rings. The van der Waals surface area contributed by atoms with Crippen molar-refractivity contribution in [2.75, 3.05) is 32.9 Å². The number of nitrogens with zero attached hydrogens (tertiary/aromatic N) is 1. The van der Waals surface area contributed by atoms with Crippen LogP contribution in [0.1, 0.15) is 25.7 Å². The summed E-state index contributed by atoms with van der Waals surface area (Å²) in [7, 11) is 2.22. The van der Waals surface area contributed by atoms with Gasteiger partial charge >= 0.3 is 0 Å². The maximum atomic E-state index is 3.75. The summed E-state index contributed by atoms with van der Waals surface area (Å²) in [6.07, 6.45) is 7.77. The van der Waals surface area contributed by atoms with Crippen LogP contribution in [0.15, 0.2) is 0 Å². The topological polar surface area (TPSA) is 15.3 Å². The number of hydrogen-bond acceptors (Lipinski definition) is 3. The first-order valence-corrected chi connectivity index (χ1v) is 6.94. The summed E-state index contributed by atoms with van der Waals surface area (Å²) in [4.78, 5) is 2.43. The van der Waals surface area contributed by atoms with Crippen LogP contribution in [0.4, 0.5) is 0 Å². The van der Waals surface area contributed by atoms with Gasteiger partial charge in [0.1, 0.15) is 0 Å². The maximum absolute atomic E-state index is 3.75. The molecule has 2 fully saturated rings. The van der Waals surface area contributed by atoms with Gasteiger partial charge in [0.15, 0.2) is 0 Å². The zero-order valence-corrected chi connectivity index (χ0v) is 10.2. The number of likely N-dealkylation sites (tertiary alicyclic amines) is 1. The van der Waals surface area contributed by atoms with Crippen molar-refractivity contribution in [1.29, 1.82) is 0 Å². The van der Waals surface area contributed by atoms with Crippen molar-refractivity contribution in [2.45, 2.75) is 36.5 Å². The molecule has 82 valence electrons. The molecule has 1 aliphatic carbocycles. The van der Waals surface area contributed by atoms with Crippen LogP contribution in [-0.4, -0.2) is 48.6 Å². The summed E-state index contributed by atoms with van der Waals surface area (Å²) in [5.74, 6) is 0. The Morgan fingerprint density at radius 3 is 2.50 bits per heavy atom. The third-order valence-corrected chi connectivity index (χ3v) is 5.09. The lowest BCUT2D eigenvalue weighted by molar-refractivity contribution is 0.235. The second kappa shape index (κ2) is 4.42. The maximum Gasteiger partial charge on any atom is 0.0282 e. The van der Waals surface area contributed by atoms with Crippen LogP contribution in [0.3, 0.4) is 0 Å². The van der Waals surface area contributed by atoms with Crippen LogP contribution in [0.2, 0.25) is 0 Å². The molecular formula is C11H22N2S. The molecule has 0 bridgehead atoms. The molecule has 2 nitrogen and oxygen atoms in total. The minimum Gasteiger partial charge on any atom is -0.313 e. The van der Waals surface area contributed by atoms with Crippen LogP contribution in [0.25, 0.3) is 0 Å². The average Bonchev–Trinajstić information content (AvgIpc) is 2.98. The second-order valence-electron chi connectivity index (χ2n) is 4.85.